The number of aryl methyl sites for hydroxylation is 1. The molecule has 0 saturated carbocycles. The van der Waals surface area contributed by atoms with Crippen LogP contribution in [0.15, 0.2) is 0 Å². The highest BCUT2D eigenvalue weighted by Crippen LogP contribution is 2.41. The average molecular weight is 419 g/mol. The summed E-state index contributed by atoms with van der Waals surface area (Å²) in [4.78, 5) is 24.6. The molecule has 1 aliphatic heterocycles. The summed E-state index contributed by atoms with van der Waals surface area (Å²) in [6, 6.07) is 0. The Labute approximate surface area is 177 Å². The van der Waals surface area contributed by atoms with E-state index in [0.29, 0.717) is 23.6 Å². The van der Waals surface area contributed by atoms with Gasteiger partial charge in [-0.2, -0.15) is 0 Å². The van der Waals surface area contributed by atoms with E-state index in [1.54, 1.807) is 11.3 Å². The van der Waals surface area contributed by atoms with E-state index in [1.807, 2.05) is 6.92 Å². The second-order valence-corrected chi connectivity index (χ2v) is 10.7. The molecule has 2 aromatic rings. The van der Waals surface area contributed by atoms with Crippen LogP contribution in [0.2, 0.25) is 0 Å². The monoisotopic (exact) mass is 418 g/mol. The fourth-order valence-electron chi connectivity index (χ4n) is 4.59. The highest BCUT2D eigenvalue weighted by atomic mass is 32.1. The number of thiazole rings is 1. The van der Waals surface area contributed by atoms with Gasteiger partial charge in [0.1, 0.15) is 0 Å². The van der Waals surface area contributed by atoms with Crippen molar-refractivity contribution in [2.75, 3.05) is 39.8 Å². The number of likely N-dealkylation sites (N-methyl/N-ethyl adjacent to an activating group) is 1. The number of hydrogen-bond donors (Lipinski definition) is 0. The average Bonchev–Trinajstić information content (AvgIpc) is 3.19. The van der Waals surface area contributed by atoms with E-state index in [1.165, 1.54) is 17.0 Å². The van der Waals surface area contributed by atoms with Gasteiger partial charge in [-0.15, -0.1) is 11.3 Å². The molecule has 0 amide bonds. The molecular formula is C22H34N4O2S. The minimum Gasteiger partial charge on any atom is -0.461 e. The lowest BCUT2D eigenvalue weighted by Gasteiger charge is -2.34. The minimum absolute atomic E-state index is 0.287. The molecule has 0 aromatic carbocycles. The normalized spacial score (nSPS) is 21.5. The van der Waals surface area contributed by atoms with E-state index < -0.39 is 0 Å². The van der Waals surface area contributed by atoms with Crippen molar-refractivity contribution < 1.29 is 9.53 Å². The summed E-state index contributed by atoms with van der Waals surface area (Å²) in [7, 11) is 2.17. The van der Waals surface area contributed by atoms with Crippen molar-refractivity contribution >= 4 is 22.3 Å². The van der Waals surface area contributed by atoms with E-state index >= 15 is 0 Å². The zero-order valence-electron chi connectivity index (χ0n) is 18.5. The molecule has 3 heterocycles. The second kappa shape index (κ2) is 8.00. The first-order valence-corrected chi connectivity index (χ1v) is 11.7. The Kier molecular flexibility index (Phi) is 5.75. The van der Waals surface area contributed by atoms with Gasteiger partial charge in [0.2, 0.25) is 0 Å². The molecule has 0 radical (unpaired) electrons. The molecule has 1 unspecified atom stereocenters. The van der Waals surface area contributed by atoms with Gasteiger partial charge in [0.15, 0.2) is 10.7 Å². The van der Waals surface area contributed by atoms with Gasteiger partial charge >= 0.3 is 5.97 Å². The Morgan fingerprint density at radius 3 is 2.62 bits per heavy atom. The van der Waals surface area contributed by atoms with Crippen molar-refractivity contribution in [2.24, 2.45) is 11.3 Å². The highest BCUT2D eigenvalue weighted by molar-refractivity contribution is 7.17. The number of esters is 1. The molecule has 1 atom stereocenters. The van der Waals surface area contributed by atoms with Crippen LogP contribution in [0.1, 0.15) is 60.9 Å². The van der Waals surface area contributed by atoms with Crippen LogP contribution in [0, 0.1) is 11.3 Å². The van der Waals surface area contributed by atoms with Gasteiger partial charge in [-0.3, -0.25) is 9.30 Å². The number of nitrogens with zero attached hydrogens (tertiary/aromatic N) is 4. The fourth-order valence-corrected chi connectivity index (χ4v) is 5.85. The van der Waals surface area contributed by atoms with Gasteiger partial charge in [-0.25, -0.2) is 9.78 Å². The molecule has 1 fully saturated rings. The topological polar surface area (TPSA) is 50.1 Å². The number of carbonyl (C=O) groups excluding carboxylic acids is 1. The summed E-state index contributed by atoms with van der Waals surface area (Å²) in [6.45, 7) is 14.2. The van der Waals surface area contributed by atoms with Crippen LogP contribution in [0.5, 0.6) is 0 Å². The van der Waals surface area contributed by atoms with Crippen LogP contribution < -0.4 is 0 Å². The number of piperazine rings is 1. The lowest BCUT2D eigenvalue weighted by molar-refractivity contribution is 0.0516. The standard InChI is InChI=1S/C22H34N4O2S/c1-6-28-20(27)19-17(14-25-11-9-24(5)10-12-25)26-16-8-7-15(22(2,3)4)13-18(16)29-21(26)23-19/h15H,6-14H2,1-5H3. The number of fused-ring (bicyclic) bond motifs is 3. The van der Waals surface area contributed by atoms with Crippen molar-refractivity contribution in [1.29, 1.82) is 0 Å². The first-order valence-electron chi connectivity index (χ1n) is 10.9. The van der Waals surface area contributed by atoms with Crippen LogP contribution in [-0.4, -0.2) is 65.0 Å². The Morgan fingerprint density at radius 1 is 1.24 bits per heavy atom. The van der Waals surface area contributed by atoms with Crippen LogP contribution in [0.3, 0.4) is 0 Å². The van der Waals surface area contributed by atoms with Crippen molar-refractivity contribution in [3.63, 3.8) is 0 Å². The third kappa shape index (κ3) is 4.09. The maximum Gasteiger partial charge on any atom is 0.358 e. The third-order valence-corrected chi connectivity index (χ3v) is 7.68. The molecule has 7 heteroatoms. The number of hydrogen-bond acceptors (Lipinski definition) is 6. The van der Waals surface area contributed by atoms with Gasteiger partial charge in [-0.1, -0.05) is 20.8 Å². The van der Waals surface area contributed by atoms with Gasteiger partial charge in [-0.05, 0) is 44.6 Å². The van der Waals surface area contributed by atoms with Crippen LogP contribution >= 0.6 is 11.3 Å². The van der Waals surface area contributed by atoms with Gasteiger partial charge in [0, 0.05) is 43.3 Å². The summed E-state index contributed by atoms with van der Waals surface area (Å²) in [5.41, 5.74) is 3.23. The number of ether oxygens (including phenoxy) is 1. The smallest absolute Gasteiger partial charge is 0.358 e. The number of aromatic nitrogens is 2. The van der Waals surface area contributed by atoms with E-state index in [2.05, 4.69) is 42.0 Å². The summed E-state index contributed by atoms with van der Waals surface area (Å²) >= 11 is 1.77. The quantitative estimate of drug-likeness (QED) is 0.712. The molecule has 29 heavy (non-hydrogen) atoms. The third-order valence-electron chi connectivity index (χ3n) is 6.57. The highest BCUT2D eigenvalue weighted by Gasteiger charge is 2.33. The Bertz CT molecular complexity index is 887. The van der Waals surface area contributed by atoms with Crippen molar-refractivity contribution in [3.05, 3.63) is 22.0 Å². The number of rotatable bonds is 4. The van der Waals surface area contributed by atoms with Crippen LogP contribution in [0.4, 0.5) is 0 Å². The fraction of sp³-hybridized carbons (Fsp3) is 0.727. The Hall–Kier alpha value is -1.44. The maximum atomic E-state index is 12.7. The van der Waals surface area contributed by atoms with Gasteiger partial charge < -0.3 is 9.64 Å². The molecule has 2 aromatic heterocycles. The predicted molar refractivity (Wildman–Crippen MR) is 117 cm³/mol. The molecular weight excluding hydrogens is 384 g/mol. The zero-order valence-corrected chi connectivity index (χ0v) is 19.3. The SMILES string of the molecule is CCOC(=O)c1nc2sc3c(n2c1CN1CCN(C)CC1)CCC(C(C)(C)C)C3. The predicted octanol–water partition coefficient (Wildman–Crippen LogP) is 3.47. The Balaban J connectivity index is 1.71. The van der Waals surface area contributed by atoms with E-state index in [4.69, 9.17) is 9.72 Å². The molecule has 0 bridgehead atoms. The van der Waals surface area contributed by atoms with Gasteiger partial charge in [0.05, 0.1) is 12.3 Å². The molecule has 2 aliphatic rings. The maximum absolute atomic E-state index is 12.7. The summed E-state index contributed by atoms with van der Waals surface area (Å²) in [5, 5.41) is 0. The Morgan fingerprint density at radius 2 is 1.97 bits per heavy atom. The summed E-state index contributed by atoms with van der Waals surface area (Å²) in [5.74, 6) is 0.411. The van der Waals surface area contributed by atoms with Crippen LogP contribution in [-0.2, 0) is 24.1 Å². The van der Waals surface area contributed by atoms with Crippen molar-refractivity contribution in [1.82, 2.24) is 19.2 Å². The molecule has 0 spiro atoms. The second-order valence-electron chi connectivity index (χ2n) is 9.60. The van der Waals surface area contributed by atoms with Gasteiger partial charge in [0.25, 0.3) is 0 Å². The lowest BCUT2D eigenvalue weighted by atomic mass is 9.73. The van der Waals surface area contributed by atoms with E-state index in [0.717, 1.165) is 56.2 Å². The molecule has 160 valence electrons. The molecule has 1 aliphatic carbocycles. The molecule has 4 rings (SSSR count). The zero-order chi connectivity index (χ0) is 20.8. The van der Waals surface area contributed by atoms with Crippen molar-refractivity contribution in [3.8, 4) is 0 Å². The lowest BCUT2D eigenvalue weighted by Crippen LogP contribution is -2.44. The molecule has 0 N–H and O–H groups in total. The summed E-state index contributed by atoms with van der Waals surface area (Å²) < 4.78 is 7.64. The molecule has 1 saturated heterocycles. The number of carbonyl (C=O) groups is 1. The summed E-state index contributed by atoms with van der Waals surface area (Å²) in [6.07, 6.45) is 3.38. The molecule has 6 nitrogen and oxygen atoms in total. The van der Waals surface area contributed by atoms with Crippen LogP contribution in [0.25, 0.3) is 4.96 Å². The largest absolute Gasteiger partial charge is 0.461 e. The number of imidazole rings is 1. The first kappa shape index (κ1) is 20.8. The van der Waals surface area contributed by atoms with Crippen molar-refractivity contribution in [2.45, 2.75) is 53.5 Å². The van der Waals surface area contributed by atoms with E-state index in [9.17, 15) is 4.79 Å². The van der Waals surface area contributed by atoms with E-state index in [-0.39, 0.29) is 5.97 Å². The minimum atomic E-state index is -0.287. The first-order chi connectivity index (χ1) is 13.8.